The maximum atomic E-state index is 11.3. The van der Waals surface area contributed by atoms with Crippen molar-refractivity contribution in [2.45, 2.75) is 6.42 Å². The molecule has 0 aromatic heterocycles. The average molecular weight is 174 g/mol. The summed E-state index contributed by atoms with van der Waals surface area (Å²) < 4.78 is 24.7. The Labute approximate surface area is 56.9 Å². The number of alkyl halides is 1. The Morgan fingerprint density at radius 3 is 2.50 bits per heavy atom. The van der Waals surface area contributed by atoms with Gasteiger partial charge in [-0.3, -0.25) is 4.39 Å². The second kappa shape index (κ2) is 4.76. The molecule has 0 aromatic rings. The molecule has 0 aromatic carbocycles. The number of hydrogen-bond donors (Lipinski definition) is 2. The van der Waals surface area contributed by atoms with Crippen molar-refractivity contribution < 1.29 is 28.3 Å². The van der Waals surface area contributed by atoms with Gasteiger partial charge in [0, 0.05) is 6.42 Å². The molecule has 0 aliphatic carbocycles. The monoisotopic (exact) mass is 174 g/mol. The Hall–Kier alpha value is -0.0000000000000000555. The fraction of sp³-hybridized carbons (Fsp3) is 1.00. The summed E-state index contributed by atoms with van der Waals surface area (Å²) in [6.45, 7) is -0.772. The van der Waals surface area contributed by atoms with Crippen LogP contribution in [0.2, 0.25) is 0 Å². The highest BCUT2D eigenvalue weighted by atomic mass is 31.2. The van der Waals surface area contributed by atoms with E-state index in [9.17, 15) is 8.96 Å². The molecule has 0 saturated heterocycles. The lowest BCUT2D eigenvalue weighted by Gasteiger charge is -2.01. The van der Waals surface area contributed by atoms with Crippen LogP contribution in [0, 0.1) is 0 Å². The lowest BCUT2D eigenvalue weighted by Crippen LogP contribution is -1.95. The Bertz CT molecular complexity index is 122. The van der Waals surface area contributed by atoms with Gasteiger partial charge in [0.05, 0.1) is 13.3 Å². The molecule has 62 valence electrons. The zero-order chi connectivity index (χ0) is 8.04. The topological polar surface area (TPSA) is 76.0 Å². The molecule has 5 nitrogen and oxygen atoms in total. The normalized spacial score (nSPS) is 11.9. The molecular weight excluding hydrogens is 166 g/mol. The van der Waals surface area contributed by atoms with Crippen LogP contribution in [-0.4, -0.2) is 23.1 Å². The van der Waals surface area contributed by atoms with Crippen molar-refractivity contribution in [1.82, 2.24) is 0 Å². The molecule has 0 rings (SSSR count). The van der Waals surface area contributed by atoms with E-state index in [1.165, 1.54) is 0 Å². The van der Waals surface area contributed by atoms with Crippen molar-refractivity contribution in [2.24, 2.45) is 0 Å². The van der Waals surface area contributed by atoms with Crippen LogP contribution in [0.3, 0.4) is 0 Å². The molecule has 0 aliphatic rings. The molecule has 10 heavy (non-hydrogen) atoms. The standard InChI is InChI=1S/C3H8FO5P/c4-2-1-3-8-9-10(5,6)7/h1-3H2,(H2,5,6,7). The maximum absolute atomic E-state index is 11.3. The van der Waals surface area contributed by atoms with E-state index in [4.69, 9.17) is 9.79 Å². The fourth-order valence-electron chi connectivity index (χ4n) is 0.219. The summed E-state index contributed by atoms with van der Waals surface area (Å²) in [5.41, 5.74) is 0. The molecule has 0 amide bonds. The third-order valence-corrected chi connectivity index (χ3v) is 0.811. The number of hydrogen-bond acceptors (Lipinski definition) is 3. The van der Waals surface area contributed by atoms with Crippen molar-refractivity contribution in [1.29, 1.82) is 0 Å². The summed E-state index contributed by atoms with van der Waals surface area (Å²) in [6.07, 6.45) is 0.0556. The van der Waals surface area contributed by atoms with E-state index >= 15 is 0 Å². The maximum Gasteiger partial charge on any atom is 0.496 e. The molecule has 0 unspecified atom stereocenters. The van der Waals surface area contributed by atoms with Crippen molar-refractivity contribution in [3.8, 4) is 0 Å². The fourth-order valence-corrected chi connectivity index (χ4v) is 0.431. The number of halogens is 1. The van der Waals surface area contributed by atoms with Gasteiger partial charge in [0.15, 0.2) is 0 Å². The van der Waals surface area contributed by atoms with E-state index in [0.29, 0.717) is 0 Å². The van der Waals surface area contributed by atoms with Gasteiger partial charge in [-0.25, -0.2) is 9.45 Å². The van der Waals surface area contributed by atoms with E-state index in [1.807, 2.05) is 0 Å². The van der Waals surface area contributed by atoms with Gasteiger partial charge in [0.25, 0.3) is 0 Å². The number of phosphoric acid groups is 1. The molecule has 0 spiro atoms. The SMILES string of the molecule is O=P(O)(O)OOCCCF. The van der Waals surface area contributed by atoms with Crippen LogP contribution in [0.5, 0.6) is 0 Å². The van der Waals surface area contributed by atoms with Gasteiger partial charge in [0.1, 0.15) is 0 Å². The van der Waals surface area contributed by atoms with Gasteiger partial charge in [0.2, 0.25) is 0 Å². The zero-order valence-electron chi connectivity index (χ0n) is 5.07. The highest BCUT2D eigenvalue weighted by molar-refractivity contribution is 7.46. The van der Waals surface area contributed by atoms with Gasteiger partial charge in [-0.05, 0) is 0 Å². The molecule has 0 radical (unpaired) electrons. The molecular formula is C3H8FO5P. The Morgan fingerprint density at radius 2 is 2.10 bits per heavy atom. The Kier molecular flexibility index (Phi) is 4.76. The first-order valence-electron chi connectivity index (χ1n) is 2.49. The lowest BCUT2D eigenvalue weighted by molar-refractivity contribution is -0.222. The molecule has 0 aliphatic heterocycles. The summed E-state index contributed by atoms with van der Waals surface area (Å²) >= 11 is 0. The first-order chi connectivity index (χ1) is 4.56. The molecule has 0 atom stereocenters. The third-order valence-electron chi connectivity index (χ3n) is 0.511. The summed E-state index contributed by atoms with van der Waals surface area (Å²) in [7, 11) is -4.55. The van der Waals surface area contributed by atoms with Gasteiger partial charge >= 0.3 is 7.82 Å². The minimum absolute atomic E-state index is 0.0556. The van der Waals surface area contributed by atoms with Crippen LogP contribution >= 0.6 is 7.82 Å². The van der Waals surface area contributed by atoms with Crippen LogP contribution in [0.25, 0.3) is 0 Å². The predicted octanol–water partition coefficient (Wildman–Crippen LogP) is 0.387. The van der Waals surface area contributed by atoms with Crippen molar-refractivity contribution in [3.63, 3.8) is 0 Å². The quantitative estimate of drug-likeness (QED) is 0.273. The number of rotatable bonds is 5. The molecule has 7 heteroatoms. The van der Waals surface area contributed by atoms with E-state index in [1.54, 1.807) is 0 Å². The highest BCUT2D eigenvalue weighted by Crippen LogP contribution is 2.35. The summed E-state index contributed by atoms with van der Waals surface area (Å²) in [4.78, 5) is 19.9. The van der Waals surface area contributed by atoms with Crippen LogP contribution in [0.4, 0.5) is 4.39 Å². The lowest BCUT2D eigenvalue weighted by atomic mass is 10.5. The largest absolute Gasteiger partial charge is 0.496 e. The van der Waals surface area contributed by atoms with Crippen LogP contribution in [0.15, 0.2) is 0 Å². The Morgan fingerprint density at radius 1 is 1.50 bits per heavy atom. The summed E-state index contributed by atoms with van der Waals surface area (Å²) in [5, 5.41) is 0. The smallest absolute Gasteiger partial charge is 0.301 e. The van der Waals surface area contributed by atoms with E-state index in [-0.39, 0.29) is 13.0 Å². The average Bonchev–Trinajstić information content (AvgIpc) is 1.78. The van der Waals surface area contributed by atoms with Gasteiger partial charge in [-0.2, -0.15) is 0 Å². The van der Waals surface area contributed by atoms with E-state index in [0.717, 1.165) is 0 Å². The Balaban J connectivity index is 3.13. The van der Waals surface area contributed by atoms with E-state index < -0.39 is 14.5 Å². The minimum Gasteiger partial charge on any atom is -0.301 e. The van der Waals surface area contributed by atoms with Gasteiger partial charge in [-0.15, -0.1) is 4.67 Å². The van der Waals surface area contributed by atoms with Crippen molar-refractivity contribution in [3.05, 3.63) is 0 Å². The predicted molar refractivity (Wildman–Crippen MR) is 29.7 cm³/mol. The van der Waals surface area contributed by atoms with Gasteiger partial charge < -0.3 is 9.79 Å². The van der Waals surface area contributed by atoms with Crippen LogP contribution < -0.4 is 0 Å². The molecule has 0 bridgehead atoms. The van der Waals surface area contributed by atoms with Crippen LogP contribution in [0.1, 0.15) is 6.42 Å². The van der Waals surface area contributed by atoms with Crippen LogP contribution in [-0.2, 0) is 14.1 Å². The first kappa shape index (κ1) is 10.0. The van der Waals surface area contributed by atoms with Gasteiger partial charge in [-0.1, -0.05) is 0 Å². The summed E-state index contributed by atoms with van der Waals surface area (Å²) in [6, 6.07) is 0. The van der Waals surface area contributed by atoms with E-state index in [2.05, 4.69) is 9.56 Å². The zero-order valence-corrected chi connectivity index (χ0v) is 5.96. The highest BCUT2D eigenvalue weighted by Gasteiger charge is 2.14. The molecule has 0 heterocycles. The molecule has 2 N–H and O–H groups in total. The first-order valence-corrected chi connectivity index (χ1v) is 4.02. The second-order valence-corrected chi connectivity index (χ2v) is 2.56. The third kappa shape index (κ3) is 8.00. The second-order valence-electron chi connectivity index (χ2n) is 1.43. The molecule has 0 fully saturated rings. The molecule has 0 saturated carbocycles. The summed E-state index contributed by atoms with van der Waals surface area (Å²) in [5.74, 6) is 0. The van der Waals surface area contributed by atoms with Crippen molar-refractivity contribution in [2.75, 3.05) is 13.3 Å². The minimum atomic E-state index is -4.55. The van der Waals surface area contributed by atoms with Crippen molar-refractivity contribution >= 4 is 7.82 Å².